The van der Waals surface area contributed by atoms with Gasteiger partial charge in [0.2, 0.25) is 5.95 Å². The molecular weight excluding hydrogens is 421 g/mol. The van der Waals surface area contributed by atoms with Gasteiger partial charge in [0.1, 0.15) is 11.6 Å². The summed E-state index contributed by atoms with van der Waals surface area (Å²) >= 11 is 0. The van der Waals surface area contributed by atoms with Gasteiger partial charge >= 0.3 is 5.97 Å². The summed E-state index contributed by atoms with van der Waals surface area (Å²) in [5, 5.41) is 3.32. The molecule has 0 bridgehead atoms. The highest BCUT2D eigenvalue weighted by molar-refractivity contribution is 6.03. The SMILES string of the molecule is CCOC(=O)C1=C(c2ccc(F)cc2)Nc2nc3ccccc3n2[C@H]1c1ccc(OC)cc1. The number of methoxy groups -OCH3 is 1. The Morgan fingerprint density at radius 3 is 2.48 bits per heavy atom. The molecule has 3 aromatic carbocycles. The van der Waals surface area contributed by atoms with Crippen LogP contribution in [0.1, 0.15) is 24.1 Å². The standard InChI is InChI=1S/C26H22FN3O3/c1-3-33-25(31)22-23(16-8-12-18(27)13-9-16)29-26-28-20-6-4-5-7-21(20)30(26)24(22)17-10-14-19(32-2)15-11-17/h4-15,24H,3H2,1-2H3,(H,28,29)/t24-/m0/s1. The van der Waals surface area contributed by atoms with E-state index >= 15 is 0 Å². The van der Waals surface area contributed by atoms with E-state index in [9.17, 15) is 9.18 Å². The molecule has 2 heterocycles. The molecule has 1 N–H and O–H groups in total. The normalized spacial score (nSPS) is 15.2. The zero-order valence-corrected chi connectivity index (χ0v) is 18.2. The van der Waals surface area contributed by atoms with E-state index in [1.165, 1.54) is 12.1 Å². The molecule has 0 amide bonds. The van der Waals surface area contributed by atoms with Crippen molar-refractivity contribution < 1.29 is 18.7 Å². The number of carbonyl (C=O) groups is 1. The molecule has 0 saturated carbocycles. The summed E-state index contributed by atoms with van der Waals surface area (Å²) in [6.07, 6.45) is 0. The number of hydrogen-bond acceptors (Lipinski definition) is 5. The van der Waals surface area contributed by atoms with Gasteiger partial charge in [-0.15, -0.1) is 0 Å². The quantitative estimate of drug-likeness (QED) is 0.431. The summed E-state index contributed by atoms with van der Waals surface area (Å²) in [5.74, 6) is 0.494. The maximum absolute atomic E-state index is 13.7. The van der Waals surface area contributed by atoms with E-state index in [2.05, 4.69) is 5.32 Å². The van der Waals surface area contributed by atoms with Crippen molar-refractivity contribution in [2.24, 2.45) is 0 Å². The first-order chi connectivity index (χ1) is 16.1. The van der Waals surface area contributed by atoms with Crippen molar-refractivity contribution >= 4 is 28.6 Å². The summed E-state index contributed by atoms with van der Waals surface area (Å²) in [6.45, 7) is 2.00. The largest absolute Gasteiger partial charge is 0.497 e. The Morgan fingerprint density at radius 2 is 1.79 bits per heavy atom. The highest BCUT2D eigenvalue weighted by atomic mass is 19.1. The molecule has 0 spiro atoms. The van der Waals surface area contributed by atoms with E-state index in [4.69, 9.17) is 14.5 Å². The predicted octanol–water partition coefficient (Wildman–Crippen LogP) is 5.17. The zero-order valence-electron chi connectivity index (χ0n) is 18.2. The van der Waals surface area contributed by atoms with Crippen LogP contribution < -0.4 is 10.1 Å². The average molecular weight is 443 g/mol. The molecule has 0 fully saturated rings. The summed E-state index contributed by atoms with van der Waals surface area (Å²) in [6, 6.07) is 20.8. The molecule has 0 unspecified atom stereocenters. The monoisotopic (exact) mass is 443 g/mol. The molecular formula is C26H22FN3O3. The molecule has 1 aliphatic heterocycles. The number of halogens is 1. The minimum Gasteiger partial charge on any atom is -0.497 e. The number of anilines is 1. The number of imidazole rings is 1. The van der Waals surface area contributed by atoms with Crippen LogP contribution in [0.2, 0.25) is 0 Å². The Labute approximate surface area is 190 Å². The molecule has 1 aromatic heterocycles. The Balaban J connectivity index is 1.80. The Bertz CT molecular complexity index is 1360. The minimum absolute atomic E-state index is 0.228. The van der Waals surface area contributed by atoms with Crippen LogP contribution in [0.3, 0.4) is 0 Å². The molecule has 6 nitrogen and oxygen atoms in total. The lowest BCUT2D eigenvalue weighted by molar-refractivity contribution is -0.138. The van der Waals surface area contributed by atoms with E-state index in [0.29, 0.717) is 28.5 Å². The number of esters is 1. The number of aromatic nitrogens is 2. The molecule has 4 aromatic rings. The van der Waals surface area contributed by atoms with Gasteiger partial charge in [-0.3, -0.25) is 4.57 Å². The molecule has 33 heavy (non-hydrogen) atoms. The van der Waals surface area contributed by atoms with Gasteiger partial charge in [0.25, 0.3) is 0 Å². The van der Waals surface area contributed by atoms with E-state index in [-0.39, 0.29) is 12.4 Å². The van der Waals surface area contributed by atoms with Crippen molar-refractivity contribution in [1.82, 2.24) is 9.55 Å². The molecule has 0 aliphatic carbocycles. The number of nitrogens with one attached hydrogen (secondary N) is 1. The lowest BCUT2D eigenvalue weighted by atomic mass is 9.92. The van der Waals surface area contributed by atoms with Gasteiger partial charge in [-0.2, -0.15) is 0 Å². The maximum Gasteiger partial charge on any atom is 0.338 e. The van der Waals surface area contributed by atoms with Crippen LogP contribution in [0.15, 0.2) is 78.4 Å². The van der Waals surface area contributed by atoms with Crippen molar-refractivity contribution in [2.75, 3.05) is 19.0 Å². The van der Waals surface area contributed by atoms with Gasteiger partial charge in [-0.1, -0.05) is 24.3 Å². The molecule has 1 aliphatic rings. The predicted molar refractivity (Wildman–Crippen MR) is 124 cm³/mol. The highest BCUT2D eigenvalue weighted by Crippen LogP contribution is 2.42. The topological polar surface area (TPSA) is 65.4 Å². The van der Waals surface area contributed by atoms with Crippen LogP contribution in [0.5, 0.6) is 5.75 Å². The summed E-state index contributed by atoms with van der Waals surface area (Å²) in [7, 11) is 1.61. The van der Waals surface area contributed by atoms with Crippen LogP contribution in [0.25, 0.3) is 16.7 Å². The maximum atomic E-state index is 13.7. The molecule has 0 radical (unpaired) electrons. The van der Waals surface area contributed by atoms with Crippen molar-refractivity contribution in [3.63, 3.8) is 0 Å². The van der Waals surface area contributed by atoms with Gasteiger partial charge < -0.3 is 14.8 Å². The number of carbonyl (C=O) groups excluding carboxylic acids is 1. The Hall–Kier alpha value is -4.13. The van der Waals surface area contributed by atoms with Crippen molar-refractivity contribution in [2.45, 2.75) is 13.0 Å². The Morgan fingerprint density at radius 1 is 1.06 bits per heavy atom. The third-order valence-corrected chi connectivity index (χ3v) is 5.69. The number of ether oxygens (including phenoxy) is 2. The fraction of sp³-hybridized carbons (Fsp3) is 0.154. The lowest BCUT2D eigenvalue weighted by Gasteiger charge is -2.31. The van der Waals surface area contributed by atoms with E-state index in [1.54, 1.807) is 26.2 Å². The second kappa shape index (κ2) is 8.43. The lowest BCUT2D eigenvalue weighted by Crippen LogP contribution is -2.29. The fourth-order valence-electron chi connectivity index (χ4n) is 4.21. The Kier molecular flexibility index (Phi) is 5.30. The summed E-state index contributed by atoms with van der Waals surface area (Å²) < 4.78 is 26.5. The zero-order chi connectivity index (χ0) is 22.9. The highest BCUT2D eigenvalue weighted by Gasteiger charge is 2.36. The first-order valence-electron chi connectivity index (χ1n) is 10.7. The third-order valence-electron chi connectivity index (χ3n) is 5.69. The summed E-state index contributed by atoms with van der Waals surface area (Å²) in [4.78, 5) is 18.1. The van der Waals surface area contributed by atoms with Crippen LogP contribution in [0, 0.1) is 5.82 Å². The van der Waals surface area contributed by atoms with Crippen molar-refractivity contribution in [3.8, 4) is 5.75 Å². The first kappa shape index (κ1) is 20.8. The second-order valence-corrected chi connectivity index (χ2v) is 7.61. The third kappa shape index (κ3) is 3.61. The van der Waals surface area contributed by atoms with E-state index in [0.717, 1.165) is 16.6 Å². The summed E-state index contributed by atoms with van der Waals surface area (Å²) in [5.41, 5.74) is 4.16. The molecule has 5 rings (SSSR count). The number of nitrogens with zero attached hydrogens (tertiary/aromatic N) is 2. The second-order valence-electron chi connectivity index (χ2n) is 7.61. The van der Waals surface area contributed by atoms with Crippen molar-refractivity contribution in [3.05, 3.63) is 95.3 Å². The van der Waals surface area contributed by atoms with Crippen LogP contribution >= 0.6 is 0 Å². The fourth-order valence-corrected chi connectivity index (χ4v) is 4.21. The smallest absolute Gasteiger partial charge is 0.338 e. The van der Waals surface area contributed by atoms with Crippen LogP contribution in [-0.2, 0) is 9.53 Å². The number of fused-ring (bicyclic) bond motifs is 3. The van der Waals surface area contributed by atoms with Gasteiger partial charge in [-0.25, -0.2) is 14.2 Å². The number of benzene rings is 3. The minimum atomic E-state index is -0.515. The molecule has 7 heteroatoms. The van der Waals surface area contributed by atoms with E-state index < -0.39 is 12.0 Å². The first-order valence-corrected chi connectivity index (χ1v) is 10.7. The van der Waals surface area contributed by atoms with Gasteiger partial charge in [0, 0.05) is 0 Å². The number of para-hydroxylation sites is 2. The molecule has 0 saturated heterocycles. The number of hydrogen-bond donors (Lipinski definition) is 1. The van der Waals surface area contributed by atoms with Crippen LogP contribution in [0.4, 0.5) is 10.3 Å². The van der Waals surface area contributed by atoms with E-state index in [1.807, 2.05) is 53.1 Å². The number of rotatable bonds is 5. The van der Waals surface area contributed by atoms with Gasteiger partial charge in [0.15, 0.2) is 0 Å². The van der Waals surface area contributed by atoms with Gasteiger partial charge in [0.05, 0.1) is 42.1 Å². The van der Waals surface area contributed by atoms with Crippen molar-refractivity contribution in [1.29, 1.82) is 0 Å². The molecule has 1 atom stereocenters. The average Bonchev–Trinajstić information content (AvgIpc) is 3.22. The van der Waals surface area contributed by atoms with Crippen LogP contribution in [-0.4, -0.2) is 29.2 Å². The molecule has 166 valence electrons. The van der Waals surface area contributed by atoms with Gasteiger partial charge in [-0.05, 0) is 66.6 Å².